The molecule has 1 atom stereocenters. The fraction of sp³-hybridized carbons (Fsp3) is 0.727. The number of hydrogen-bond donors (Lipinski definition) is 3. The van der Waals surface area contributed by atoms with Crippen LogP contribution in [0.4, 0.5) is 4.79 Å². The van der Waals surface area contributed by atoms with Crippen molar-refractivity contribution in [2.24, 2.45) is 11.7 Å². The van der Waals surface area contributed by atoms with Gasteiger partial charge in [-0.15, -0.1) is 0 Å². The molecule has 0 saturated heterocycles. The summed E-state index contributed by atoms with van der Waals surface area (Å²) in [5.41, 5.74) is 3.97. The maximum absolute atomic E-state index is 11.9. The molecule has 4 N–H and O–H groups in total. The number of carboxylic acid groups (broad SMARTS) is 1. The van der Waals surface area contributed by atoms with E-state index in [9.17, 15) is 14.4 Å². The van der Waals surface area contributed by atoms with E-state index in [1.807, 2.05) is 0 Å². The number of hydrogen-bond acceptors (Lipinski definition) is 3. The summed E-state index contributed by atoms with van der Waals surface area (Å²) in [6.45, 7) is 6.64. The van der Waals surface area contributed by atoms with Crippen LogP contribution in [-0.2, 0) is 9.59 Å². The van der Waals surface area contributed by atoms with Crippen molar-refractivity contribution in [2.75, 3.05) is 13.1 Å². The van der Waals surface area contributed by atoms with E-state index in [0.29, 0.717) is 6.54 Å². The number of primary amides is 1. The summed E-state index contributed by atoms with van der Waals surface area (Å²) in [4.78, 5) is 35.0. The summed E-state index contributed by atoms with van der Waals surface area (Å²) >= 11 is 0. The quantitative estimate of drug-likeness (QED) is 0.623. The largest absolute Gasteiger partial charge is 0.481 e. The number of carbonyl (C=O) groups excluding carboxylic acids is 2. The first-order valence-corrected chi connectivity index (χ1v) is 5.71. The second-order valence-corrected chi connectivity index (χ2v) is 4.70. The molecule has 0 radical (unpaired) electrons. The molecule has 0 fully saturated rings. The molecule has 7 heteroatoms. The van der Waals surface area contributed by atoms with Crippen molar-refractivity contribution in [1.29, 1.82) is 0 Å². The summed E-state index contributed by atoms with van der Waals surface area (Å²) in [6.07, 6.45) is 0. The average Bonchev–Trinajstić information content (AvgIpc) is 2.24. The highest BCUT2D eigenvalue weighted by atomic mass is 16.4. The molecule has 0 spiro atoms. The molecule has 0 rings (SSSR count). The first-order chi connectivity index (χ1) is 8.11. The van der Waals surface area contributed by atoms with Crippen molar-refractivity contribution in [1.82, 2.24) is 10.2 Å². The number of nitrogens with two attached hydrogens (primary N) is 1. The number of nitrogens with zero attached hydrogens (tertiary/aromatic N) is 1. The number of amides is 3. The Hall–Kier alpha value is -1.79. The van der Waals surface area contributed by atoms with Crippen LogP contribution in [0, 0.1) is 5.92 Å². The third-order valence-electron chi connectivity index (χ3n) is 2.62. The van der Waals surface area contributed by atoms with Crippen LogP contribution in [-0.4, -0.2) is 46.5 Å². The van der Waals surface area contributed by atoms with Gasteiger partial charge in [-0.3, -0.25) is 9.59 Å². The minimum absolute atomic E-state index is 0.0759. The van der Waals surface area contributed by atoms with Crippen molar-refractivity contribution < 1.29 is 19.5 Å². The third-order valence-corrected chi connectivity index (χ3v) is 2.62. The number of nitrogens with one attached hydrogen (secondary N) is 1. The Morgan fingerprint density at radius 2 is 1.89 bits per heavy atom. The normalized spacial score (nSPS) is 12.7. The van der Waals surface area contributed by atoms with Crippen LogP contribution >= 0.6 is 0 Å². The van der Waals surface area contributed by atoms with Crippen molar-refractivity contribution >= 4 is 17.9 Å². The number of urea groups is 1. The zero-order valence-corrected chi connectivity index (χ0v) is 11.2. The maximum atomic E-state index is 11.9. The van der Waals surface area contributed by atoms with Gasteiger partial charge in [0.1, 0.15) is 5.54 Å². The average molecular weight is 259 g/mol. The molecule has 0 heterocycles. The monoisotopic (exact) mass is 259 g/mol. The van der Waals surface area contributed by atoms with Crippen molar-refractivity contribution in [3.63, 3.8) is 0 Å². The molecule has 0 aromatic carbocycles. The smallest absolute Gasteiger partial charge is 0.318 e. The Labute approximate surface area is 106 Å². The van der Waals surface area contributed by atoms with E-state index in [-0.39, 0.29) is 6.54 Å². The van der Waals surface area contributed by atoms with Crippen LogP contribution < -0.4 is 11.1 Å². The van der Waals surface area contributed by atoms with Crippen molar-refractivity contribution in [3.05, 3.63) is 0 Å². The van der Waals surface area contributed by atoms with Crippen LogP contribution in [0.2, 0.25) is 0 Å². The fourth-order valence-corrected chi connectivity index (χ4v) is 1.17. The summed E-state index contributed by atoms with van der Waals surface area (Å²) in [7, 11) is 0. The summed E-state index contributed by atoms with van der Waals surface area (Å²) in [6, 6.07) is -0.505. The lowest BCUT2D eigenvalue weighted by atomic mass is 10.1. The van der Waals surface area contributed by atoms with Gasteiger partial charge in [0.15, 0.2) is 0 Å². The van der Waals surface area contributed by atoms with Gasteiger partial charge in [-0.05, 0) is 20.8 Å². The van der Waals surface area contributed by atoms with Gasteiger partial charge in [0.05, 0.1) is 5.92 Å². The molecule has 7 nitrogen and oxygen atoms in total. The third kappa shape index (κ3) is 4.60. The van der Waals surface area contributed by atoms with Gasteiger partial charge >= 0.3 is 12.0 Å². The molecular weight excluding hydrogens is 238 g/mol. The Kier molecular flexibility index (Phi) is 5.61. The maximum Gasteiger partial charge on any atom is 0.318 e. The highest BCUT2D eigenvalue weighted by molar-refractivity contribution is 5.89. The van der Waals surface area contributed by atoms with Gasteiger partial charge in [-0.2, -0.15) is 0 Å². The first kappa shape index (κ1) is 16.2. The molecular formula is C11H21N3O4. The van der Waals surface area contributed by atoms with E-state index in [2.05, 4.69) is 5.32 Å². The highest BCUT2D eigenvalue weighted by Crippen LogP contribution is 2.05. The highest BCUT2D eigenvalue weighted by Gasteiger charge is 2.29. The topological polar surface area (TPSA) is 113 Å². The van der Waals surface area contributed by atoms with E-state index in [1.54, 1.807) is 6.92 Å². The van der Waals surface area contributed by atoms with E-state index < -0.39 is 29.4 Å². The molecule has 1 unspecified atom stereocenters. The zero-order valence-electron chi connectivity index (χ0n) is 11.2. The van der Waals surface area contributed by atoms with Crippen molar-refractivity contribution in [2.45, 2.75) is 33.2 Å². The minimum atomic E-state index is -1.17. The first-order valence-electron chi connectivity index (χ1n) is 5.71. The second kappa shape index (κ2) is 6.23. The minimum Gasteiger partial charge on any atom is -0.481 e. The standard InChI is InChI=1S/C11H21N3O4/c1-5-14(6-7(2)8(15)16)10(18)13-11(3,4)9(12)17/h7H,5-6H2,1-4H3,(H2,12,17)(H,13,18)(H,15,16). The predicted octanol–water partition coefficient (Wildman–Crippen LogP) is 0.00250. The van der Waals surface area contributed by atoms with Gasteiger partial charge in [0.25, 0.3) is 0 Å². The van der Waals surface area contributed by atoms with Gasteiger partial charge in [0, 0.05) is 13.1 Å². The molecule has 0 bridgehead atoms. The van der Waals surface area contributed by atoms with Crippen LogP contribution in [0.25, 0.3) is 0 Å². The molecule has 0 aromatic heterocycles. The molecule has 0 aromatic rings. The van der Waals surface area contributed by atoms with Crippen LogP contribution in [0.15, 0.2) is 0 Å². The van der Waals surface area contributed by atoms with E-state index in [1.165, 1.54) is 25.7 Å². The van der Waals surface area contributed by atoms with Crippen molar-refractivity contribution in [3.8, 4) is 0 Å². The van der Waals surface area contributed by atoms with Crippen LogP contribution in [0.3, 0.4) is 0 Å². The predicted molar refractivity (Wildman–Crippen MR) is 65.9 cm³/mol. The zero-order chi connectivity index (χ0) is 14.5. The molecule has 0 aliphatic heterocycles. The Morgan fingerprint density at radius 1 is 1.39 bits per heavy atom. The Bertz CT molecular complexity index is 341. The molecule has 0 aliphatic rings. The number of carbonyl (C=O) groups is 3. The molecule has 18 heavy (non-hydrogen) atoms. The number of aliphatic carboxylic acids is 1. The van der Waals surface area contributed by atoms with Gasteiger partial charge in [-0.25, -0.2) is 4.79 Å². The van der Waals surface area contributed by atoms with E-state index >= 15 is 0 Å². The molecule has 0 aliphatic carbocycles. The van der Waals surface area contributed by atoms with Crippen LogP contribution in [0.5, 0.6) is 0 Å². The van der Waals surface area contributed by atoms with E-state index in [0.717, 1.165) is 0 Å². The summed E-state index contributed by atoms with van der Waals surface area (Å²) in [5.74, 6) is -2.30. The lowest BCUT2D eigenvalue weighted by Gasteiger charge is -2.29. The Morgan fingerprint density at radius 3 is 2.22 bits per heavy atom. The molecule has 3 amide bonds. The SMILES string of the molecule is CCN(CC(C)C(=O)O)C(=O)NC(C)(C)C(N)=O. The van der Waals surface area contributed by atoms with Gasteiger partial charge in [0.2, 0.25) is 5.91 Å². The molecule has 104 valence electrons. The van der Waals surface area contributed by atoms with Gasteiger partial charge < -0.3 is 21.1 Å². The summed E-state index contributed by atoms with van der Waals surface area (Å²) in [5, 5.41) is 11.3. The Balaban J connectivity index is 4.63. The second-order valence-electron chi connectivity index (χ2n) is 4.70. The van der Waals surface area contributed by atoms with Crippen LogP contribution in [0.1, 0.15) is 27.7 Å². The fourth-order valence-electron chi connectivity index (χ4n) is 1.17. The molecule has 0 saturated carbocycles. The van der Waals surface area contributed by atoms with E-state index in [4.69, 9.17) is 10.8 Å². The summed E-state index contributed by atoms with van der Waals surface area (Å²) < 4.78 is 0. The number of carboxylic acids is 1. The van der Waals surface area contributed by atoms with Gasteiger partial charge in [-0.1, -0.05) is 6.92 Å². The lowest BCUT2D eigenvalue weighted by Crippen LogP contribution is -2.57. The number of rotatable bonds is 6. The lowest BCUT2D eigenvalue weighted by molar-refractivity contribution is -0.141.